The first kappa shape index (κ1) is 20.5. The summed E-state index contributed by atoms with van der Waals surface area (Å²) in [5, 5.41) is 13.8. The lowest BCUT2D eigenvalue weighted by molar-refractivity contribution is -0.385. The highest BCUT2D eigenvalue weighted by atomic mass is 19.1. The lowest BCUT2D eigenvalue weighted by atomic mass is 10.1. The van der Waals surface area contributed by atoms with Gasteiger partial charge in [0.15, 0.2) is 5.75 Å². The Bertz CT molecular complexity index is 900. The molecule has 1 aliphatic rings. The largest absolute Gasteiger partial charge is 0.490 e. The first-order valence-electron chi connectivity index (χ1n) is 9.27. The van der Waals surface area contributed by atoms with E-state index in [0.29, 0.717) is 31.9 Å². The molecule has 2 aromatic rings. The molecule has 0 aliphatic carbocycles. The molecule has 1 saturated heterocycles. The van der Waals surface area contributed by atoms with Crippen molar-refractivity contribution in [1.29, 1.82) is 0 Å². The molecule has 1 amide bonds. The second-order valence-corrected chi connectivity index (χ2v) is 6.81. The van der Waals surface area contributed by atoms with Gasteiger partial charge in [0.05, 0.1) is 18.1 Å². The van der Waals surface area contributed by atoms with E-state index in [1.807, 2.05) is 11.8 Å². The molecule has 2 aromatic carbocycles. The standard InChI is InChI=1S/C20H23FN4O4/c1-14(20(26)22-16-5-3-4-15(21)12-16)23-8-10-24(11-9-23)17-6-7-18(25(27)28)19(13-17)29-2/h3-7,12-14H,8-11H2,1-2H3,(H,22,26). The van der Waals surface area contributed by atoms with Crippen molar-refractivity contribution in [2.45, 2.75) is 13.0 Å². The van der Waals surface area contributed by atoms with Gasteiger partial charge in [0.2, 0.25) is 5.91 Å². The van der Waals surface area contributed by atoms with Crippen LogP contribution in [0.3, 0.4) is 0 Å². The summed E-state index contributed by atoms with van der Waals surface area (Å²) in [6, 6.07) is 10.2. The maximum atomic E-state index is 13.3. The van der Waals surface area contributed by atoms with Crippen LogP contribution in [0.25, 0.3) is 0 Å². The molecule has 1 atom stereocenters. The van der Waals surface area contributed by atoms with Crippen LogP contribution in [0.15, 0.2) is 42.5 Å². The Balaban J connectivity index is 1.59. The molecule has 29 heavy (non-hydrogen) atoms. The predicted octanol–water partition coefficient (Wildman–Crippen LogP) is 2.89. The van der Waals surface area contributed by atoms with Crippen molar-refractivity contribution >= 4 is 23.0 Å². The van der Waals surface area contributed by atoms with E-state index >= 15 is 0 Å². The van der Waals surface area contributed by atoms with Crippen LogP contribution in [-0.4, -0.2) is 55.1 Å². The number of benzene rings is 2. The molecule has 1 N–H and O–H groups in total. The Kier molecular flexibility index (Phi) is 6.28. The van der Waals surface area contributed by atoms with E-state index in [1.165, 1.54) is 25.3 Å². The summed E-state index contributed by atoms with van der Waals surface area (Å²) in [5.41, 5.74) is 1.19. The van der Waals surface area contributed by atoms with E-state index in [1.54, 1.807) is 24.3 Å². The van der Waals surface area contributed by atoms with Crippen molar-refractivity contribution in [3.63, 3.8) is 0 Å². The van der Waals surface area contributed by atoms with Crippen LogP contribution in [0.1, 0.15) is 6.92 Å². The van der Waals surface area contributed by atoms with Gasteiger partial charge in [-0.25, -0.2) is 4.39 Å². The van der Waals surface area contributed by atoms with Gasteiger partial charge < -0.3 is 15.0 Å². The number of anilines is 2. The number of halogens is 1. The van der Waals surface area contributed by atoms with Crippen LogP contribution < -0.4 is 15.0 Å². The third kappa shape index (κ3) is 4.80. The number of carbonyl (C=O) groups is 1. The minimum absolute atomic E-state index is 0.0717. The van der Waals surface area contributed by atoms with Gasteiger partial charge in [0.1, 0.15) is 5.82 Å². The number of nitro benzene ring substituents is 1. The summed E-state index contributed by atoms with van der Waals surface area (Å²) >= 11 is 0. The number of hydrogen-bond acceptors (Lipinski definition) is 6. The molecule has 0 bridgehead atoms. The maximum Gasteiger partial charge on any atom is 0.311 e. The monoisotopic (exact) mass is 402 g/mol. The molecule has 1 fully saturated rings. The number of carbonyl (C=O) groups excluding carboxylic acids is 1. The molecule has 1 aliphatic heterocycles. The molecule has 0 radical (unpaired) electrons. The number of piperazine rings is 1. The highest BCUT2D eigenvalue weighted by Crippen LogP contribution is 2.31. The van der Waals surface area contributed by atoms with Crippen LogP contribution in [-0.2, 0) is 4.79 Å². The van der Waals surface area contributed by atoms with Gasteiger partial charge in [0, 0.05) is 49.7 Å². The van der Waals surface area contributed by atoms with Gasteiger partial charge in [-0.2, -0.15) is 0 Å². The number of ether oxygens (including phenoxy) is 1. The van der Waals surface area contributed by atoms with Gasteiger partial charge in [-0.05, 0) is 31.2 Å². The molecule has 1 unspecified atom stereocenters. The number of nitro groups is 1. The molecule has 8 nitrogen and oxygen atoms in total. The quantitative estimate of drug-likeness (QED) is 0.591. The first-order chi connectivity index (χ1) is 13.9. The Hall–Kier alpha value is -3.20. The van der Waals surface area contributed by atoms with Crippen molar-refractivity contribution in [3.8, 4) is 5.75 Å². The summed E-state index contributed by atoms with van der Waals surface area (Å²) in [7, 11) is 1.41. The van der Waals surface area contributed by atoms with Gasteiger partial charge >= 0.3 is 5.69 Å². The van der Waals surface area contributed by atoms with Crippen LogP contribution in [0.5, 0.6) is 5.75 Å². The lowest BCUT2D eigenvalue weighted by Gasteiger charge is -2.38. The van der Waals surface area contributed by atoms with Gasteiger partial charge in [-0.1, -0.05) is 6.07 Å². The zero-order valence-electron chi connectivity index (χ0n) is 16.3. The van der Waals surface area contributed by atoms with Crippen molar-refractivity contribution in [3.05, 3.63) is 58.4 Å². The Labute approximate surface area is 168 Å². The zero-order chi connectivity index (χ0) is 21.0. The Morgan fingerprint density at radius 2 is 1.93 bits per heavy atom. The van der Waals surface area contributed by atoms with Crippen LogP contribution >= 0.6 is 0 Å². The van der Waals surface area contributed by atoms with Gasteiger partial charge in [0.25, 0.3) is 0 Å². The second-order valence-electron chi connectivity index (χ2n) is 6.81. The average Bonchev–Trinajstić information content (AvgIpc) is 2.72. The highest BCUT2D eigenvalue weighted by Gasteiger charge is 2.26. The fourth-order valence-electron chi connectivity index (χ4n) is 3.36. The van der Waals surface area contributed by atoms with Crippen molar-refractivity contribution in [2.24, 2.45) is 0 Å². The lowest BCUT2D eigenvalue weighted by Crippen LogP contribution is -2.52. The highest BCUT2D eigenvalue weighted by molar-refractivity contribution is 5.94. The first-order valence-corrected chi connectivity index (χ1v) is 9.27. The Morgan fingerprint density at radius 1 is 1.21 bits per heavy atom. The summed E-state index contributed by atoms with van der Waals surface area (Å²) < 4.78 is 18.4. The van der Waals surface area contributed by atoms with E-state index in [2.05, 4.69) is 10.2 Å². The second kappa shape index (κ2) is 8.87. The predicted molar refractivity (Wildman–Crippen MR) is 108 cm³/mol. The fourth-order valence-corrected chi connectivity index (χ4v) is 3.36. The van der Waals surface area contributed by atoms with Crippen molar-refractivity contribution in [2.75, 3.05) is 43.5 Å². The summed E-state index contributed by atoms with van der Waals surface area (Å²) in [6.07, 6.45) is 0. The van der Waals surface area contributed by atoms with Crippen molar-refractivity contribution < 1.29 is 18.8 Å². The minimum Gasteiger partial charge on any atom is -0.490 e. The molecule has 1 heterocycles. The number of rotatable bonds is 6. The average molecular weight is 402 g/mol. The Morgan fingerprint density at radius 3 is 2.55 bits per heavy atom. The zero-order valence-corrected chi connectivity index (χ0v) is 16.3. The number of methoxy groups -OCH3 is 1. The number of hydrogen-bond donors (Lipinski definition) is 1. The van der Waals surface area contributed by atoms with Gasteiger partial charge in [-0.15, -0.1) is 0 Å². The third-order valence-corrected chi connectivity index (χ3v) is 5.06. The molecular formula is C20H23FN4O4. The smallest absolute Gasteiger partial charge is 0.311 e. The summed E-state index contributed by atoms with van der Waals surface area (Å²) in [6.45, 7) is 4.45. The molecule has 0 saturated carbocycles. The number of amides is 1. The molecule has 0 aromatic heterocycles. The van der Waals surface area contributed by atoms with Gasteiger partial charge in [-0.3, -0.25) is 19.8 Å². The normalized spacial score (nSPS) is 15.6. The molecular weight excluding hydrogens is 379 g/mol. The maximum absolute atomic E-state index is 13.3. The summed E-state index contributed by atoms with van der Waals surface area (Å²) in [4.78, 5) is 27.2. The molecule has 3 rings (SSSR count). The van der Waals surface area contributed by atoms with E-state index in [0.717, 1.165) is 5.69 Å². The molecule has 0 spiro atoms. The van der Waals surface area contributed by atoms with Crippen LogP contribution in [0, 0.1) is 15.9 Å². The van der Waals surface area contributed by atoms with E-state index in [-0.39, 0.29) is 23.4 Å². The fraction of sp³-hybridized carbons (Fsp3) is 0.350. The molecule has 154 valence electrons. The third-order valence-electron chi connectivity index (χ3n) is 5.06. The van der Waals surface area contributed by atoms with Crippen molar-refractivity contribution in [1.82, 2.24) is 4.90 Å². The topological polar surface area (TPSA) is 88.0 Å². The van der Waals surface area contributed by atoms with E-state index in [9.17, 15) is 19.3 Å². The van der Waals surface area contributed by atoms with E-state index < -0.39 is 10.7 Å². The van der Waals surface area contributed by atoms with Crippen LogP contribution in [0.2, 0.25) is 0 Å². The minimum atomic E-state index is -0.473. The molecule has 9 heteroatoms. The number of nitrogens with zero attached hydrogens (tertiary/aromatic N) is 3. The van der Waals surface area contributed by atoms with E-state index in [4.69, 9.17) is 4.74 Å². The van der Waals surface area contributed by atoms with Crippen LogP contribution in [0.4, 0.5) is 21.5 Å². The number of nitrogens with one attached hydrogen (secondary N) is 1. The SMILES string of the molecule is COc1cc(N2CCN(C(C)C(=O)Nc3cccc(F)c3)CC2)ccc1[N+](=O)[O-]. The summed E-state index contributed by atoms with van der Waals surface area (Å²) in [5.74, 6) is -0.374.